The molecule has 2 saturated heterocycles. The minimum atomic E-state index is -1.55. The summed E-state index contributed by atoms with van der Waals surface area (Å²) in [4.78, 5) is 0. The lowest BCUT2D eigenvalue weighted by Gasteiger charge is -2.43. The minimum absolute atomic E-state index is 0.338. The van der Waals surface area contributed by atoms with Crippen LogP contribution in [0.25, 0.3) is 0 Å². The molecule has 0 amide bonds. The topological polar surface area (TPSA) is 179 Å². The van der Waals surface area contributed by atoms with Gasteiger partial charge in [-0.3, -0.25) is 0 Å². The van der Waals surface area contributed by atoms with Gasteiger partial charge in [0.15, 0.2) is 6.29 Å². The Hall–Kier alpha value is -0.440. The third-order valence-corrected chi connectivity index (χ3v) is 4.53. The summed E-state index contributed by atoms with van der Waals surface area (Å²) in [5, 5.41) is 68.0. The highest BCUT2D eigenvalue weighted by molar-refractivity contribution is 4.94. The first-order chi connectivity index (χ1) is 11.8. The molecule has 11 nitrogen and oxygen atoms in total. The molecule has 0 radical (unpaired) electrons. The molecule has 148 valence electrons. The highest BCUT2D eigenvalue weighted by Crippen LogP contribution is 2.26. The number of aliphatic hydroxyl groups is 7. The summed E-state index contributed by atoms with van der Waals surface area (Å²) < 4.78 is 20.9. The first-order valence-electron chi connectivity index (χ1n) is 7.93. The number of hydrogen-bond donors (Lipinski definition) is 7. The molecule has 0 spiro atoms. The molecule has 11 heteroatoms. The van der Waals surface area contributed by atoms with Gasteiger partial charge in [-0.05, 0) is 0 Å². The molecular formula is C14H26O11. The Morgan fingerprint density at radius 3 is 1.88 bits per heavy atom. The van der Waals surface area contributed by atoms with Gasteiger partial charge in [-0.1, -0.05) is 0 Å². The van der Waals surface area contributed by atoms with Gasteiger partial charge in [0.25, 0.3) is 0 Å². The third-order valence-electron chi connectivity index (χ3n) is 4.53. The fraction of sp³-hybridized carbons (Fsp3) is 1.00. The second-order valence-electron chi connectivity index (χ2n) is 6.10. The van der Waals surface area contributed by atoms with Gasteiger partial charge < -0.3 is 54.7 Å². The van der Waals surface area contributed by atoms with E-state index in [4.69, 9.17) is 24.1 Å². The van der Waals surface area contributed by atoms with Crippen LogP contribution in [-0.2, 0) is 18.9 Å². The number of aliphatic hydroxyl groups excluding tert-OH is 7. The molecule has 0 aliphatic carbocycles. The van der Waals surface area contributed by atoms with Gasteiger partial charge in [-0.2, -0.15) is 0 Å². The average molecular weight is 370 g/mol. The fourth-order valence-corrected chi connectivity index (χ4v) is 3.04. The smallest absolute Gasteiger partial charge is 0.184 e. The highest BCUT2D eigenvalue weighted by Gasteiger charge is 2.47. The summed E-state index contributed by atoms with van der Waals surface area (Å²) in [6, 6.07) is 0. The third kappa shape index (κ3) is 4.28. The van der Waals surface area contributed by atoms with Crippen LogP contribution in [0.2, 0.25) is 0 Å². The molecule has 0 unspecified atom stereocenters. The summed E-state index contributed by atoms with van der Waals surface area (Å²) in [6.45, 7) is -1.46. The van der Waals surface area contributed by atoms with Gasteiger partial charge in [0, 0.05) is 7.11 Å². The van der Waals surface area contributed by atoms with Crippen molar-refractivity contribution >= 4 is 0 Å². The molecule has 0 aromatic heterocycles. The lowest BCUT2D eigenvalue weighted by Crippen LogP contribution is -2.62. The molecule has 2 fully saturated rings. The van der Waals surface area contributed by atoms with Crippen LogP contribution in [0.1, 0.15) is 0 Å². The van der Waals surface area contributed by atoms with E-state index in [1.807, 2.05) is 0 Å². The van der Waals surface area contributed by atoms with Crippen molar-refractivity contribution in [2.24, 2.45) is 0 Å². The monoisotopic (exact) mass is 370 g/mol. The summed E-state index contributed by atoms with van der Waals surface area (Å²) in [6.07, 6.45) is -12.8. The van der Waals surface area contributed by atoms with Crippen LogP contribution in [0.15, 0.2) is 0 Å². The molecule has 10 atom stereocenters. The standard InChI is InChI=1S/C14H26O11/c1-22-13-11(20)12(6(3-16)25-14(13)21)23-4-7-9(18)10(19)8(17)5(2-15)24-7/h5-21H,2-4H2,1H3/t5-,6-,7-,8-,9-,10+,11+,12-,13-,14+/m1/s1. The molecule has 2 aliphatic rings. The molecule has 0 aromatic rings. The van der Waals surface area contributed by atoms with Crippen molar-refractivity contribution in [1.29, 1.82) is 0 Å². The zero-order chi connectivity index (χ0) is 18.7. The fourth-order valence-electron chi connectivity index (χ4n) is 3.04. The largest absolute Gasteiger partial charge is 0.394 e. The predicted molar refractivity (Wildman–Crippen MR) is 78.3 cm³/mol. The maximum atomic E-state index is 10.3. The van der Waals surface area contributed by atoms with Gasteiger partial charge in [-0.15, -0.1) is 0 Å². The second-order valence-corrected chi connectivity index (χ2v) is 6.10. The van der Waals surface area contributed by atoms with E-state index in [0.29, 0.717) is 0 Å². The van der Waals surface area contributed by atoms with E-state index in [-0.39, 0.29) is 6.61 Å². The van der Waals surface area contributed by atoms with Crippen LogP contribution in [-0.4, -0.2) is 124 Å². The van der Waals surface area contributed by atoms with Crippen LogP contribution in [0, 0.1) is 0 Å². The molecule has 2 heterocycles. The maximum Gasteiger partial charge on any atom is 0.184 e. The second kappa shape index (κ2) is 8.97. The van der Waals surface area contributed by atoms with Gasteiger partial charge in [0.2, 0.25) is 0 Å². The van der Waals surface area contributed by atoms with Gasteiger partial charge >= 0.3 is 0 Å². The zero-order valence-corrected chi connectivity index (χ0v) is 13.7. The first-order valence-corrected chi connectivity index (χ1v) is 7.93. The molecule has 7 N–H and O–H groups in total. The van der Waals surface area contributed by atoms with Gasteiger partial charge in [-0.25, -0.2) is 0 Å². The summed E-state index contributed by atoms with van der Waals surface area (Å²) in [7, 11) is 1.26. The van der Waals surface area contributed by atoms with Crippen LogP contribution in [0.3, 0.4) is 0 Å². The normalized spacial score (nSPS) is 48.5. The maximum absolute atomic E-state index is 10.3. The van der Waals surface area contributed by atoms with Crippen molar-refractivity contribution in [2.75, 3.05) is 26.9 Å². The Balaban J connectivity index is 2.02. The van der Waals surface area contributed by atoms with Crippen molar-refractivity contribution in [3.05, 3.63) is 0 Å². The zero-order valence-electron chi connectivity index (χ0n) is 13.7. The van der Waals surface area contributed by atoms with Crippen molar-refractivity contribution in [3.8, 4) is 0 Å². The van der Waals surface area contributed by atoms with Crippen LogP contribution >= 0.6 is 0 Å². The van der Waals surface area contributed by atoms with E-state index < -0.39 is 74.4 Å². The first kappa shape index (κ1) is 20.9. The lowest BCUT2D eigenvalue weighted by molar-refractivity contribution is -0.307. The molecule has 0 aromatic carbocycles. The van der Waals surface area contributed by atoms with E-state index in [1.54, 1.807) is 0 Å². The van der Waals surface area contributed by atoms with E-state index in [9.17, 15) is 30.6 Å². The number of methoxy groups -OCH3 is 1. The molecule has 0 saturated carbocycles. The van der Waals surface area contributed by atoms with Crippen LogP contribution in [0.5, 0.6) is 0 Å². The van der Waals surface area contributed by atoms with Gasteiger partial charge in [0.1, 0.15) is 54.9 Å². The number of rotatable bonds is 6. The van der Waals surface area contributed by atoms with E-state index in [0.717, 1.165) is 0 Å². The lowest BCUT2D eigenvalue weighted by atomic mass is 9.95. The molecular weight excluding hydrogens is 344 g/mol. The van der Waals surface area contributed by atoms with Crippen molar-refractivity contribution in [3.63, 3.8) is 0 Å². The Morgan fingerprint density at radius 1 is 0.720 bits per heavy atom. The summed E-state index contributed by atoms with van der Waals surface area (Å²) in [5.41, 5.74) is 0. The summed E-state index contributed by atoms with van der Waals surface area (Å²) in [5.74, 6) is 0. The van der Waals surface area contributed by atoms with Crippen LogP contribution in [0.4, 0.5) is 0 Å². The molecule has 2 rings (SSSR count). The number of hydrogen-bond acceptors (Lipinski definition) is 11. The van der Waals surface area contributed by atoms with Crippen molar-refractivity contribution < 1.29 is 54.7 Å². The predicted octanol–water partition coefficient (Wildman–Crippen LogP) is -4.70. The Labute approximate surface area is 143 Å². The van der Waals surface area contributed by atoms with Crippen molar-refractivity contribution in [2.45, 2.75) is 61.2 Å². The quantitative estimate of drug-likeness (QED) is 0.239. The average Bonchev–Trinajstić information content (AvgIpc) is 2.60. The van der Waals surface area contributed by atoms with E-state index >= 15 is 0 Å². The Morgan fingerprint density at radius 2 is 1.32 bits per heavy atom. The number of ether oxygens (including phenoxy) is 4. The molecule has 2 aliphatic heterocycles. The van der Waals surface area contributed by atoms with Gasteiger partial charge in [0.05, 0.1) is 19.8 Å². The van der Waals surface area contributed by atoms with Crippen molar-refractivity contribution in [1.82, 2.24) is 0 Å². The highest BCUT2D eigenvalue weighted by atomic mass is 16.7. The Bertz CT molecular complexity index is 408. The van der Waals surface area contributed by atoms with E-state index in [1.165, 1.54) is 7.11 Å². The Kier molecular flexibility index (Phi) is 7.49. The van der Waals surface area contributed by atoms with Crippen LogP contribution < -0.4 is 0 Å². The summed E-state index contributed by atoms with van der Waals surface area (Å²) >= 11 is 0. The molecule has 25 heavy (non-hydrogen) atoms. The van der Waals surface area contributed by atoms with E-state index in [2.05, 4.69) is 0 Å². The molecule has 0 bridgehead atoms. The minimum Gasteiger partial charge on any atom is -0.394 e. The SMILES string of the molecule is CO[C@@H]1[C@@H](O)[C@H](OC[C@H]2O[C@H](CO)[C@@H](O)[C@H](O)[C@@H]2O)[C@@H](CO)O[C@@H]1O.